The Morgan fingerprint density at radius 3 is 2.59 bits per heavy atom. The van der Waals surface area contributed by atoms with E-state index in [0.717, 1.165) is 30.4 Å². The van der Waals surface area contributed by atoms with Crippen LogP contribution in [0.1, 0.15) is 44.7 Å². The Kier molecular flexibility index (Phi) is 6.02. The molecule has 32 heavy (non-hydrogen) atoms. The number of sulfonamides is 1. The summed E-state index contributed by atoms with van der Waals surface area (Å²) in [7, 11) is -3.64. The van der Waals surface area contributed by atoms with Crippen molar-refractivity contribution in [2.45, 2.75) is 50.9 Å². The van der Waals surface area contributed by atoms with Gasteiger partial charge in [-0.25, -0.2) is 8.42 Å². The van der Waals surface area contributed by atoms with Gasteiger partial charge in [0.1, 0.15) is 17.1 Å². The minimum atomic E-state index is -3.64. The monoisotopic (exact) mass is 478 g/mol. The van der Waals surface area contributed by atoms with Gasteiger partial charge in [-0.05, 0) is 37.1 Å². The van der Waals surface area contributed by atoms with E-state index in [1.165, 1.54) is 10.4 Å². The summed E-state index contributed by atoms with van der Waals surface area (Å²) in [5, 5.41) is 3.48. The van der Waals surface area contributed by atoms with Crippen LogP contribution in [0.3, 0.4) is 0 Å². The van der Waals surface area contributed by atoms with Gasteiger partial charge in [-0.3, -0.25) is 9.10 Å². The summed E-state index contributed by atoms with van der Waals surface area (Å²) < 4.78 is 38.2. The first-order chi connectivity index (χ1) is 15.2. The second kappa shape index (κ2) is 8.48. The molecule has 1 amide bonds. The lowest BCUT2D eigenvalue weighted by Crippen LogP contribution is -2.52. The number of rotatable bonds is 5. The molecule has 1 N–H and O–H groups in total. The third-order valence-corrected chi connectivity index (χ3v) is 7.67. The van der Waals surface area contributed by atoms with E-state index in [4.69, 9.17) is 21.1 Å². The summed E-state index contributed by atoms with van der Waals surface area (Å²) >= 11 is 6.05. The molecule has 2 aromatic rings. The molecule has 2 aliphatic rings. The fraction of sp³-hybridized carbons (Fsp3) is 0.435. The molecule has 4 rings (SSSR count). The predicted octanol–water partition coefficient (Wildman–Crippen LogP) is 4.07. The molecular formula is C23H27ClN2O5S. The maximum Gasteiger partial charge on any atom is 0.263 e. The first-order valence-electron chi connectivity index (χ1n) is 10.7. The van der Waals surface area contributed by atoms with Gasteiger partial charge >= 0.3 is 0 Å². The largest absolute Gasteiger partial charge is 0.487 e. The van der Waals surface area contributed by atoms with Gasteiger partial charge in [-0.15, -0.1) is 0 Å². The number of anilines is 1. The number of nitrogens with zero attached hydrogens (tertiary/aromatic N) is 1. The summed E-state index contributed by atoms with van der Waals surface area (Å²) in [6, 6.07) is 12.1. The molecule has 2 heterocycles. The Bertz CT molecular complexity index is 1130. The molecule has 0 bridgehead atoms. The molecule has 7 nitrogen and oxygen atoms in total. The van der Waals surface area contributed by atoms with Gasteiger partial charge in [-0.2, -0.15) is 0 Å². The number of amides is 1. The SMILES string of the molecule is CCC1(CC)C[C@@H](NC(=O)[C@@H]2CN(S(C)(=O)=O)c3cc(Cl)ccc3O2)c2ccccc2O1. The van der Waals surface area contributed by atoms with E-state index in [-0.39, 0.29) is 24.1 Å². The maximum absolute atomic E-state index is 13.3. The first-order valence-corrected chi connectivity index (χ1v) is 12.9. The second-order valence-corrected chi connectivity index (χ2v) is 10.7. The van der Waals surface area contributed by atoms with Crippen molar-refractivity contribution in [1.82, 2.24) is 5.32 Å². The smallest absolute Gasteiger partial charge is 0.263 e. The van der Waals surface area contributed by atoms with Crippen LogP contribution < -0.4 is 19.1 Å². The van der Waals surface area contributed by atoms with Crippen LogP contribution in [0.4, 0.5) is 5.69 Å². The Labute approximate surface area is 193 Å². The highest BCUT2D eigenvalue weighted by molar-refractivity contribution is 7.92. The molecule has 172 valence electrons. The molecule has 2 atom stereocenters. The number of para-hydroxylation sites is 1. The lowest BCUT2D eigenvalue weighted by atomic mass is 9.83. The summed E-state index contributed by atoms with van der Waals surface area (Å²) in [6.45, 7) is 4.02. The average Bonchev–Trinajstić information content (AvgIpc) is 2.77. The normalized spacial score (nSPS) is 21.6. The Morgan fingerprint density at radius 2 is 1.91 bits per heavy atom. The van der Waals surface area contributed by atoms with Crippen LogP contribution in [0.15, 0.2) is 42.5 Å². The van der Waals surface area contributed by atoms with Gasteiger partial charge < -0.3 is 14.8 Å². The van der Waals surface area contributed by atoms with E-state index in [1.54, 1.807) is 12.1 Å². The van der Waals surface area contributed by atoms with E-state index < -0.39 is 16.1 Å². The van der Waals surface area contributed by atoms with Crippen LogP contribution in [0.2, 0.25) is 5.02 Å². The van der Waals surface area contributed by atoms with Crippen LogP contribution in [0.25, 0.3) is 0 Å². The van der Waals surface area contributed by atoms with Crippen molar-refractivity contribution in [2.75, 3.05) is 17.1 Å². The standard InChI is InChI=1S/C23H27ClN2O5S/c1-4-23(5-2)13-17(16-8-6-7-9-19(16)31-23)25-22(27)21-14-26(32(3,28)29)18-12-15(24)10-11-20(18)30-21/h6-12,17,21H,4-5,13-14H2,1-3H3,(H,25,27)/t17-,21+/m1/s1. The van der Waals surface area contributed by atoms with E-state index in [2.05, 4.69) is 19.2 Å². The van der Waals surface area contributed by atoms with E-state index >= 15 is 0 Å². The summed E-state index contributed by atoms with van der Waals surface area (Å²) in [4.78, 5) is 13.3. The Hall–Kier alpha value is -2.45. The van der Waals surface area contributed by atoms with Crippen LogP contribution in [-0.4, -0.2) is 38.8 Å². The van der Waals surface area contributed by atoms with Crippen LogP contribution in [0, 0.1) is 0 Å². The third kappa shape index (κ3) is 4.26. The number of hydrogen-bond donors (Lipinski definition) is 1. The van der Waals surface area contributed by atoms with Gasteiger partial charge in [0.25, 0.3) is 5.91 Å². The minimum absolute atomic E-state index is 0.129. The summed E-state index contributed by atoms with van der Waals surface area (Å²) in [5.41, 5.74) is 0.861. The predicted molar refractivity (Wildman–Crippen MR) is 124 cm³/mol. The highest BCUT2D eigenvalue weighted by Crippen LogP contribution is 2.43. The molecule has 0 spiro atoms. The van der Waals surface area contributed by atoms with Crippen LogP contribution in [0.5, 0.6) is 11.5 Å². The highest BCUT2D eigenvalue weighted by atomic mass is 35.5. The summed E-state index contributed by atoms with van der Waals surface area (Å²) in [5.74, 6) is 0.687. The van der Waals surface area contributed by atoms with Gasteiger partial charge in [0, 0.05) is 17.0 Å². The molecular weight excluding hydrogens is 452 g/mol. The fourth-order valence-corrected chi connectivity index (χ4v) is 5.44. The lowest BCUT2D eigenvalue weighted by molar-refractivity contribution is -0.129. The zero-order valence-electron chi connectivity index (χ0n) is 18.3. The number of ether oxygens (including phenoxy) is 2. The molecule has 0 aliphatic carbocycles. The lowest BCUT2D eigenvalue weighted by Gasteiger charge is -2.42. The molecule has 2 aromatic carbocycles. The van der Waals surface area contributed by atoms with Crippen molar-refractivity contribution in [2.24, 2.45) is 0 Å². The van der Waals surface area contributed by atoms with Crippen molar-refractivity contribution in [1.29, 1.82) is 0 Å². The molecule has 0 radical (unpaired) electrons. The van der Waals surface area contributed by atoms with E-state index in [0.29, 0.717) is 22.9 Å². The molecule has 9 heteroatoms. The Balaban J connectivity index is 1.62. The van der Waals surface area contributed by atoms with Gasteiger partial charge in [-0.1, -0.05) is 43.6 Å². The van der Waals surface area contributed by atoms with E-state index in [9.17, 15) is 13.2 Å². The number of carbonyl (C=O) groups excluding carboxylic acids is 1. The van der Waals surface area contributed by atoms with Crippen molar-refractivity contribution < 1.29 is 22.7 Å². The maximum atomic E-state index is 13.3. The number of halogens is 1. The summed E-state index contributed by atoms with van der Waals surface area (Å²) in [6.07, 6.45) is 2.34. The number of nitrogens with one attached hydrogen (secondary N) is 1. The molecule has 0 aromatic heterocycles. The molecule has 0 fully saturated rings. The van der Waals surface area contributed by atoms with Gasteiger partial charge in [0.2, 0.25) is 10.0 Å². The first kappa shape index (κ1) is 22.7. The number of benzene rings is 2. The number of carbonyl (C=O) groups is 1. The van der Waals surface area contributed by atoms with Crippen LogP contribution in [-0.2, 0) is 14.8 Å². The fourth-order valence-electron chi connectivity index (χ4n) is 4.37. The van der Waals surface area contributed by atoms with Crippen molar-refractivity contribution in [3.8, 4) is 11.5 Å². The quantitative estimate of drug-likeness (QED) is 0.700. The van der Waals surface area contributed by atoms with Crippen molar-refractivity contribution >= 4 is 33.2 Å². The third-order valence-electron chi connectivity index (χ3n) is 6.29. The van der Waals surface area contributed by atoms with Crippen molar-refractivity contribution in [3.05, 3.63) is 53.1 Å². The Morgan fingerprint density at radius 1 is 1.19 bits per heavy atom. The molecule has 0 saturated carbocycles. The minimum Gasteiger partial charge on any atom is -0.487 e. The van der Waals surface area contributed by atoms with Gasteiger partial charge in [0.15, 0.2) is 6.10 Å². The second-order valence-electron chi connectivity index (χ2n) is 8.31. The number of hydrogen-bond acceptors (Lipinski definition) is 5. The van der Waals surface area contributed by atoms with E-state index in [1.807, 2.05) is 24.3 Å². The zero-order chi connectivity index (χ0) is 23.1. The number of fused-ring (bicyclic) bond motifs is 2. The van der Waals surface area contributed by atoms with Crippen molar-refractivity contribution in [3.63, 3.8) is 0 Å². The highest BCUT2D eigenvalue weighted by Gasteiger charge is 2.41. The zero-order valence-corrected chi connectivity index (χ0v) is 19.9. The average molecular weight is 479 g/mol. The molecule has 2 aliphatic heterocycles. The van der Waals surface area contributed by atoms with Gasteiger partial charge in [0.05, 0.1) is 24.5 Å². The van der Waals surface area contributed by atoms with Crippen LogP contribution >= 0.6 is 11.6 Å². The topological polar surface area (TPSA) is 84.9 Å². The molecule has 0 unspecified atom stereocenters. The molecule has 0 saturated heterocycles.